The number of aromatic nitrogens is 2. The Morgan fingerprint density at radius 3 is 2.68 bits per heavy atom. The van der Waals surface area contributed by atoms with E-state index in [4.69, 9.17) is 4.42 Å². The third kappa shape index (κ3) is 3.32. The molecule has 2 aliphatic rings. The van der Waals surface area contributed by atoms with Crippen LogP contribution < -0.4 is 0 Å². The molecule has 0 spiro atoms. The lowest BCUT2D eigenvalue weighted by atomic mass is 10.0. The van der Waals surface area contributed by atoms with Crippen LogP contribution in [0.15, 0.2) is 4.42 Å². The van der Waals surface area contributed by atoms with Gasteiger partial charge in [-0.2, -0.15) is 0 Å². The Labute approximate surface area is 131 Å². The highest BCUT2D eigenvalue weighted by Gasteiger charge is 2.33. The number of carbonyl (C=O) groups is 1. The number of hydrogen-bond donors (Lipinski definition) is 0. The maximum absolute atomic E-state index is 11.4. The first-order chi connectivity index (χ1) is 10.7. The monoisotopic (exact) mass is 306 g/mol. The largest absolute Gasteiger partial charge is 0.425 e. The lowest BCUT2D eigenvalue weighted by Gasteiger charge is -2.36. The van der Waals surface area contributed by atoms with Crippen molar-refractivity contribution in [1.29, 1.82) is 0 Å². The highest BCUT2D eigenvalue weighted by Crippen LogP contribution is 2.30. The second kappa shape index (κ2) is 6.77. The van der Waals surface area contributed by atoms with Crippen molar-refractivity contribution >= 4 is 5.91 Å². The summed E-state index contributed by atoms with van der Waals surface area (Å²) in [6.45, 7) is 7.67. The Kier molecular flexibility index (Phi) is 4.76. The Morgan fingerprint density at radius 2 is 2.00 bits per heavy atom. The maximum Gasteiger partial charge on any atom is 0.220 e. The van der Waals surface area contributed by atoms with Crippen molar-refractivity contribution in [2.75, 3.05) is 26.2 Å². The number of nitrogens with zero attached hydrogens (tertiary/aromatic N) is 4. The van der Waals surface area contributed by atoms with Crippen molar-refractivity contribution in [2.45, 2.75) is 57.9 Å². The van der Waals surface area contributed by atoms with Gasteiger partial charge in [-0.15, -0.1) is 10.2 Å². The summed E-state index contributed by atoms with van der Waals surface area (Å²) in [4.78, 5) is 15.9. The van der Waals surface area contributed by atoms with Gasteiger partial charge in [-0.05, 0) is 32.2 Å². The third-order valence-corrected chi connectivity index (χ3v) is 4.94. The predicted molar refractivity (Wildman–Crippen MR) is 82.5 cm³/mol. The fourth-order valence-corrected chi connectivity index (χ4v) is 3.61. The summed E-state index contributed by atoms with van der Waals surface area (Å²) in [5.41, 5.74) is 0. The molecule has 22 heavy (non-hydrogen) atoms. The van der Waals surface area contributed by atoms with Crippen molar-refractivity contribution in [2.24, 2.45) is 0 Å². The van der Waals surface area contributed by atoms with E-state index in [2.05, 4.69) is 22.0 Å². The van der Waals surface area contributed by atoms with Crippen LogP contribution in [-0.4, -0.2) is 58.1 Å². The summed E-state index contributed by atoms with van der Waals surface area (Å²) in [6, 6.07) is 0.596. The minimum absolute atomic E-state index is 0.201. The quantitative estimate of drug-likeness (QED) is 0.849. The average molecular weight is 306 g/mol. The number of piperidine rings is 1. The predicted octanol–water partition coefficient (Wildman–Crippen LogP) is 1.82. The van der Waals surface area contributed by atoms with E-state index in [9.17, 15) is 4.79 Å². The fourth-order valence-electron chi connectivity index (χ4n) is 3.61. The van der Waals surface area contributed by atoms with Crippen LogP contribution >= 0.6 is 0 Å². The van der Waals surface area contributed by atoms with Gasteiger partial charge in [0, 0.05) is 39.0 Å². The lowest BCUT2D eigenvalue weighted by molar-refractivity contribution is -0.130. The molecular formula is C16H26N4O2. The molecule has 2 saturated heterocycles. The Bertz CT molecular complexity index is 508. The molecule has 0 N–H and O–H groups in total. The molecule has 0 aromatic carbocycles. The highest BCUT2D eigenvalue weighted by molar-refractivity contribution is 5.73. The zero-order chi connectivity index (χ0) is 15.5. The van der Waals surface area contributed by atoms with Gasteiger partial charge in [-0.1, -0.05) is 6.92 Å². The number of likely N-dealkylation sites (tertiary alicyclic amines) is 2. The van der Waals surface area contributed by atoms with Gasteiger partial charge in [0.1, 0.15) is 0 Å². The first-order valence-corrected chi connectivity index (χ1v) is 8.49. The summed E-state index contributed by atoms with van der Waals surface area (Å²) < 4.78 is 5.79. The van der Waals surface area contributed by atoms with Gasteiger partial charge in [0.05, 0.1) is 5.92 Å². The highest BCUT2D eigenvalue weighted by atomic mass is 16.4. The van der Waals surface area contributed by atoms with Gasteiger partial charge in [0.25, 0.3) is 0 Å². The summed E-state index contributed by atoms with van der Waals surface area (Å²) in [7, 11) is 0. The molecule has 1 amide bonds. The Morgan fingerprint density at radius 1 is 1.23 bits per heavy atom. The van der Waals surface area contributed by atoms with Gasteiger partial charge in [0.2, 0.25) is 17.7 Å². The van der Waals surface area contributed by atoms with E-state index in [-0.39, 0.29) is 5.91 Å². The van der Waals surface area contributed by atoms with Crippen molar-refractivity contribution in [3.63, 3.8) is 0 Å². The normalized spacial score (nSPS) is 24.1. The van der Waals surface area contributed by atoms with Crippen LogP contribution in [0.3, 0.4) is 0 Å². The topological polar surface area (TPSA) is 62.5 Å². The molecule has 6 nitrogen and oxygen atoms in total. The molecule has 6 heteroatoms. The number of aryl methyl sites for hydroxylation is 1. The molecule has 0 radical (unpaired) electrons. The minimum atomic E-state index is 0.201. The second-order valence-corrected chi connectivity index (χ2v) is 6.50. The van der Waals surface area contributed by atoms with E-state index >= 15 is 0 Å². The molecule has 1 unspecified atom stereocenters. The zero-order valence-electron chi connectivity index (χ0n) is 13.6. The molecule has 3 heterocycles. The first kappa shape index (κ1) is 15.5. The van der Waals surface area contributed by atoms with E-state index in [1.807, 2.05) is 4.90 Å². The summed E-state index contributed by atoms with van der Waals surface area (Å²) in [5.74, 6) is 2.16. The molecule has 122 valence electrons. The van der Waals surface area contributed by atoms with Gasteiger partial charge >= 0.3 is 0 Å². The lowest BCUT2D eigenvalue weighted by Crippen LogP contribution is -2.45. The van der Waals surface area contributed by atoms with Crippen LogP contribution in [0, 0.1) is 0 Å². The molecule has 0 aliphatic carbocycles. The Hall–Kier alpha value is -1.43. The molecule has 1 atom stereocenters. The molecule has 1 aromatic heterocycles. The number of hydrogen-bond acceptors (Lipinski definition) is 5. The number of rotatable bonds is 4. The van der Waals surface area contributed by atoms with Crippen molar-refractivity contribution < 1.29 is 9.21 Å². The number of amides is 1. The van der Waals surface area contributed by atoms with E-state index in [0.717, 1.165) is 70.1 Å². The average Bonchev–Trinajstić information content (AvgIpc) is 3.16. The van der Waals surface area contributed by atoms with Gasteiger partial charge in [0.15, 0.2) is 0 Å². The standard InChI is InChI=1S/C16H26N4O2/c1-3-4-15-17-18-16(22-15)13-5-8-20(11-13)14-6-9-19(10-7-14)12(2)21/h13-14H,3-11H2,1-2H3. The first-order valence-electron chi connectivity index (χ1n) is 8.49. The fraction of sp³-hybridized carbons (Fsp3) is 0.812. The van der Waals surface area contributed by atoms with Crippen LogP contribution in [0.25, 0.3) is 0 Å². The SMILES string of the molecule is CCCc1nnc(C2CCN(C3CCN(C(C)=O)CC3)C2)o1. The van der Waals surface area contributed by atoms with Crippen molar-refractivity contribution in [1.82, 2.24) is 20.0 Å². The maximum atomic E-state index is 11.4. The van der Waals surface area contributed by atoms with E-state index in [1.165, 1.54) is 0 Å². The Balaban J connectivity index is 1.53. The van der Waals surface area contributed by atoms with Crippen molar-refractivity contribution in [3.8, 4) is 0 Å². The summed E-state index contributed by atoms with van der Waals surface area (Å²) in [6.07, 6.45) is 5.16. The van der Waals surface area contributed by atoms with E-state index < -0.39 is 0 Å². The molecular weight excluding hydrogens is 280 g/mol. The van der Waals surface area contributed by atoms with Crippen LogP contribution in [-0.2, 0) is 11.2 Å². The van der Waals surface area contributed by atoms with Crippen LogP contribution in [0.5, 0.6) is 0 Å². The third-order valence-electron chi connectivity index (χ3n) is 4.94. The van der Waals surface area contributed by atoms with Crippen molar-refractivity contribution in [3.05, 3.63) is 11.8 Å². The molecule has 0 saturated carbocycles. The number of carbonyl (C=O) groups excluding carboxylic acids is 1. The minimum Gasteiger partial charge on any atom is -0.425 e. The molecule has 3 rings (SSSR count). The molecule has 2 aliphatic heterocycles. The summed E-state index contributed by atoms with van der Waals surface area (Å²) >= 11 is 0. The zero-order valence-corrected chi connectivity index (χ0v) is 13.6. The van der Waals surface area contributed by atoms with Crippen LogP contribution in [0.4, 0.5) is 0 Å². The molecule has 0 bridgehead atoms. The van der Waals surface area contributed by atoms with Crippen LogP contribution in [0.2, 0.25) is 0 Å². The summed E-state index contributed by atoms with van der Waals surface area (Å²) in [5, 5.41) is 8.37. The molecule has 1 aromatic rings. The van der Waals surface area contributed by atoms with E-state index in [0.29, 0.717) is 12.0 Å². The van der Waals surface area contributed by atoms with E-state index in [1.54, 1.807) is 6.92 Å². The van der Waals surface area contributed by atoms with Gasteiger partial charge in [-0.3, -0.25) is 9.69 Å². The smallest absolute Gasteiger partial charge is 0.220 e. The van der Waals surface area contributed by atoms with Gasteiger partial charge < -0.3 is 9.32 Å². The van der Waals surface area contributed by atoms with Crippen LogP contribution in [0.1, 0.15) is 57.2 Å². The second-order valence-electron chi connectivity index (χ2n) is 6.50. The molecule has 2 fully saturated rings. The van der Waals surface area contributed by atoms with Gasteiger partial charge in [-0.25, -0.2) is 0 Å².